The highest BCUT2D eigenvalue weighted by Crippen LogP contribution is 2.16. The van der Waals surface area contributed by atoms with Crippen molar-refractivity contribution >= 4 is 22.4 Å². The number of nitrogens with one attached hydrogen (secondary N) is 1. The molecule has 3 N–H and O–H groups in total. The molecule has 1 heterocycles. The minimum atomic E-state index is -0.0404. The Morgan fingerprint density at radius 3 is 2.87 bits per heavy atom. The number of nitrogens with zero attached hydrogens (tertiary/aromatic N) is 2. The second-order valence-electron chi connectivity index (χ2n) is 3.54. The van der Waals surface area contributed by atoms with Crippen LogP contribution in [0.2, 0.25) is 0 Å². The van der Waals surface area contributed by atoms with Crippen molar-refractivity contribution in [3.05, 3.63) is 5.01 Å². The number of anilines is 1. The van der Waals surface area contributed by atoms with Crippen molar-refractivity contribution in [2.45, 2.75) is 26.7 Å². The van der Waals surface area contributed by atoms with E-state index >= 15 is 0 Å². The highest BCUT2D eigenvalue weighted by molar-refractivity contribution is 7.15. The van der Waals surface area contributed by atoms with E-state index in [9.17, 15) is 4.79 Å². The number of nitrogens with two attached hydrogens (primary N) is 1. The quantitative estimate of drug-likeness (QED) is 0.788. The lowest BCUT2D eigenvalue weighted by atomic mass is 10.2. The smallest absolute Gasteiger partial charge is 0.228 e. The van der Waals surface area contributed by atoms with Crippen LogP contribution in [0.3, 0.4) is 0 Å². The van der Waals surface area contributed by atoms with E-state index in [0.29, 0.717) is 11.7 Å². The van der Waals surface area contributed by atoms with Crippen LogP contribution in [0.4, 0.5) is 5.13 Å². The minimum Gasteiger partial charge on any atom is -0.330 e. The molecule has 1 amide bonds. The summed E-state index contributed by atoms with van der Waals surface area (Å²) in [4.78, 5) is 11.3. The molecule has 0 atom stereocenters. The maximum Gasteiger partial charge on any atom is 0.228 e. The highest BCUT2D eigenvalue weighted by atomic mass is 32.1. The molecule has 1 aromatic rings. The predicted octanol–water partition coefficient (Wildman–Crippen LogP) is 1.02. The lowest BCUT2D eigenvalue weighted by Gasteiger charge is -2.02. The van der Waals surface area contributed by atoms with E-state index in [-0.39, 0.29) is 11.8 Å². The first-order valence-corrected chi connectivity index (χ1v) is 5.78. The Balaban J connectivity index is 2.49. The van der Waals surface area contributed by atoms with Crippen molar-refractivity contribution in [2.75, 3.05) is 11.9 Å². The van der Waals surface area contributed by atoms with Gasteiger partial charge in [-0.05, 0) is 13.0 Å². The van der Waals surface area contributed by atoms with E-state index < -0.39 is 0 Å². The van der Waals surface area contributed by atoms with E-state index in [1.807, 2.05) is 13.8 Å². The monoisotopic (exact) mass is 228 g/mol. The molecule has 0 saturated carbocycles. The fraction of sp³-hybridized carbons (Fsp3) is 0.667. The molecule has 0 aliphatic carbocycles. The molecule has 0 aliphatic heterocycles. The molecule has 1 rings (SSSR count). The van der Waals surface area contributed by atoms with Crippen LogP contribution in [0.25, 0.3) is 0 Å². The Kier molecular flexibility index (Phi) is 4.64. The first-order chi connectivity index (χ1) is 7.13. The van der Waals surface area contributed by atoms with Gasteiger partial charge in [-0.1, -0.05) is 25.2 Å². The standard InChI is InChI=1S/C9H16N4OS/c1-6(2)8(14)11-9-13-12-7(15-9)4-3-5-10/h6H,3-5,10H2,1-2H3,(H,11,13,14). The van der Waals surface area contributed by atoms with Crippen molar-refractivity contribution in [3.8, 4) is 0 Å². The Morgan fingerprint density at radius 2 is 2.27 bits per heavy atom. The SMILES string of the molecule is CC(C)C(=O)Nc1nnc(CCCN)s1. The minimum absolute atomic E-state index is 0.0310. The summed E-state index contributed by atoms with van der Waals surface area (Å²) in [6.45, 7) is 4.32. The van der Waals surface area contributed by atoms with Gasteiger partial charge >= 0.3 is 0 Å². The normalized spacial score (nSPS) is 10.7. The van der Waals surface area contributed by atoms with Gasteiger partial charge in [0.2, 0.25) is 11.0 Å². The Bertz CT molecular complexity index is 324. The zero-order valence-corrected chi connectivity index (χ0v) is 9.80. The van der Waals surface area contributed by atoms with Gasteiger partial charge in [0.05, 0.1) is 0 Å². The van der Waals surface area contributed by atoms with Crippen LogP contribution in [0, 0.1) is 5.92 Å². The van der Waals surface area contributed by atoms with Gasteiger partial charge < -0.3 is 11.1 Å². The summed E-state index contributed by atoms with van der Waals surface area (Å²) in [5.74, 6) is -0.0714. The second-order valence-corrected chi connectivity index (χ2v) is 4.60. The van der Waals surface area contributed by atoms with Gasteiger partial charge in [-0.2, -0.15) is 0 Å². The number of carbonyl (C=O) groups excluding carboxylic acids is 1. The van der Waals surface area contributed by atoms with Gasteiger partial charge in [0, 0.05) is 12.3 Å². The van der Waals surface area contributed by atoms with E-state index in [1.165, 1.54) is 11.3 Å². The van der Waals surface area contributed by atoms with Crippen LogP contribution in [0.5, 0.6) is 0 Å². The van der Waals surface area contributed by atoms with Gasteiger partial charge in [-0.3, -0.25) is 4.79 Å². The molecule has 15 heavy (non-hydrogen) atoms. The molecule has 0 saturated heterocycles. The Hall–Kier alpha value is -1.01. The van der Waals surface area contributed by atoms with Crippen LogP contribution < -0.4 is 11.1 Å². The maximum absolute atomic E-state index is 11.3. The lowest BCUT2D eigenvalue weighted by molar-refractivity contribution is -0.118. The number of amides is 1. The zero-order chi connectivity index (χ0) is 11.3. The summed E-state index contributed by atoms with van der Waals surface area (Å²) >= 11 is 1.41. The zero-order valence-electron chi connectivity index (χ0n) is 8.99. The predicted molar refractivity (Wildman–Crippen MR) is 60.8 cm³/mol. The summed E-state index contributed by atoms with van der Waals surface area (Å²) in [6.07, 6.45) is 1.72. The van der Waals surface area contributed by atoms with Crippen LogP contribution in [-0.2, 0) is 11.2 Å². The Morgan fingerprint density at radius 1 is 1.53 bits per heavy atom. The fourth-order valence-electron chi connectivity index (χ4n) is 0.908. The number of aryl methyl sites for hydroxylation is 1. The number of aromatic nitrogens is 2. The van der Waals surface area contributed by atoms with Gasteiger partial charge in [0.15, 0.2) is 0 Å². The fourth-order valence-corrected chi connectivity index (χ4v) is 1.69. The van der Waals surface area contributed by atoms with E-state index in [1.54, 1.807) is 0 Å². The lowest BCUT2D eigenvalue weighted by Crippen LogP contribution is -2.17. The third-order valence-corrected chi connectivity index (χ3v) is 2.71. The second kappa shape index (κ2) is 5.77. The van der Waals surface area contributed by atoms with E-state index in [2.05, 4.69) is 15.5 Å². The molecule has 84 valence electrons. The number of rotatable bonds is 5. The Labute approximate surface area is 93.1 Å². The van der Waals surface area contributed by atoms with Crippen molar-refractivity contribution < 1.29 is 4.79 Å². The maximum atomic E-state index is 11.3. The molecule has 0 radical (unpaired) electrons. The molecule has 0 unspecified atom stereocenters. The molecule has 5 nitrogen and oxygen atoms in total. The summed E-state index contributed by atoms with van der Waals surface area (Å²) in [7, 11) is 0. The van der Waals surface area contributed by atoms with Gasteiger partial charge in [0.25, 0.3) is 0 Å². The summed E-state index contributed by atoms with van der Waals surface area (Å²) in [6, 6.07) is 0. The molecule has 0 spiro atoms. The van der Waals surface area contributed by atoms with Gasteiger partial charge in [-0.25, -0.2) is 0 Å². The average molecular weight is 228 g/mol. The highest BCUT2D eigenvalue weighted by Gasteiger charge is 2.10. The topological polar surface area (TPSA) is 80.9 Å². The summed E-state index contributed by atoms with van der Waals surface area (Å²) < 4.78 is 0. The molecular formula is C9H16N4OS. The van der Waals surface area contributed by atoms with Crippen LogP contribution in [0.1, 0.15) is 25.3 Å². The molecular weight excluding hydrogens is 212 g/mol. The third kappa shape index (κ3) is 3.93. The van der Waals surface area contributed by atoms with Gasteiger partial charge in [0.1, 0.15) is 5.01 Å². The van der Waals surface area contributed by atoms with Crippen molar-refractivity contribution in [1.29, 1.82) is 0 Å². The number of carbonyl (C=O) groups is 1. The molecule has 0 bridgehead atoms. The van der Waals surface area contributed by atoms with Crippen LogP contribution in [0.15, 0.2) is 0 Å². The summed E-state index contributed by atoms with van der Waals surface area (Å²) in [5, 5.41) is 12.1. The van der Waals surface area contributed by atoms with Gasteiger partial charge in [-0.15, -0.1) is 10.2 Å². The van der Waals surface area contributed by atoms with Crippen LogP contribution in [-0.4, -0.2) is 22.6 Å². The summed E-state index contributed by atoms with van der Waals surface area (Å²) in [5.41, 5.74) is 5.39. The molecule has 0 aromatic carbocycles. The van der Waals surface area contributed by atoms with E-state index in [4.69, 9.17) is 5.73 Å². The first-order valence-electron chi connectivity index (χ1n) is 4.96. The molecule has 0 fully saturated rings. The van der Waals surface area contributed by atoms with Crippen molar-refractivity contribution in [2.24, 2.45) is 11.7 Å². The average Bonchev–Trinajstić information content (AvgIpc) is 2.62. The van der Waals surface area contributed by atoms with Crippen LogP contribution >= 0.6 is 11.3 Å². The molecule has 0 aliphatic rings. The number of hydrogen-bond donors (Lipinski definition) is 2. The molecule has 1 aromatic heterocycles. The largest absolute Gasteiger partial charge is 0.330 e. The molecule has 6 heteroatoms. The van der Waals surface area contributed by atoms with E-state index in [0.717, 1.165) is 17.8 Å². The van der Waals surface area contributed by atoms with Crippen molar-refractivity contribution in [3.63, 3.8) is 0 Å². The van der Waals surface area contributed by atoms with Crippen molar-refractivity contribution in [1.82, 2.24) is 10.2 Å². The first kappa shape index (κ1) is 12.1. The number of hydrogen-bond acceptors (Lipinski definition) is 5. The third-order valence-electron chi connectivity index (χ3n) is 1.82.